The third-order valence-corrected chi connectivity index (χ3v) is 5.65. The Hall–Kier alpha value is -1.43. The number of thiazole rings is 1. The molecule has 124 valence electrons. The van der Waals surface area contributed by atoms with E-state index in [1.807, 2.05) is 20.2 Å². The van der Waals surface area contributed by atoms with E-state index in [9.17, 15) is 5.11 Å². The average molecular weight is 331 g/mol. The molecule has 3 rings (SSSR count). The summed E-state index contributed by atoms with van der Waals surface area (Å²) >= 11 is 1.74. The van der Waals surface area contributed by atoms with E-state index in [0.717, 1.165) is 48.7 Å². The highest BCUT2D eigenvalue weighted by Crippen LogP contribution is 2.32. The number of aliphatic hydroxyl groups is 1. The van der Waals surface area contributed by atoms with E-state index in [4.69, 9.17) is 4.98 Å². The molecule has 1 fully saturated rings. The summed E-state index contributed by atoms with van der Waals surface area (Å²) in [6, 6.07) is 10.4. The maximum atomic E-state index is 9.94. The van der Waals surface area contributed by atoms with Crippen molar-refractivity contribution in [3.63, 3.8) is 0 Å². The Kier molecular flexibility index (Phi) is 5.30. The molecule has 1 aliphatic carbocycles. The van der Waals surface area contributed by atoms with Gasteiger partial charge in [0.25, 0.3) is 0 Å². The van der Waals surface area contributed by atoms with E-state index < -0.39 is 0 Å². The fourth-order valence-corrected chi connectivity index (χ4v) is 4.07. The van der Waals surface area contributed by atoms with Gasteiger partial charge in [0.1, 0.15) is 0 Å². The Labute approximate surface area is 142 Å². The van der Waals surface area contributed by atoms with Gasteiger partial charge in [-0.3, -0.25) is 0 Å². The second-order valence-electron chi connectivity index (χ2n) is 6.42. The van der Waals surface area contributed by atoms with Crippen LogP contribution in [0.1, 0.15) is 24.1 Å². The predicted molar refractivity (Wildman–Crippen MR) is 96.9 cm³/mol. The van der Waals surface area contributed by atoms with Crippen molar-refractivity contribution >= 4 is 16.5 Å². The van der Waals surface area contributed by atoms with Gasteiger partial charge in [0.05, 0.1) is 11.8 Å². The molecule has 0 amide bonds. The quantitative estimate of drug-likeness (QED) is 0.854. The molecular weight excluding hydrogens is 306 g/mol. The van der Waals surface area contributed by atoms with Crippen molar-refractivity contribution in [2.75, 3.05) is 25.5 Å². The van der Waals surface area contributed by atoms with Crippen LogP contribution >= 0.6 is 11.3 Å². The summed E-state index contributed by atoms with van der Waals surface area (Å²) in [6.45, 7) is 1.68. The van der Waals surface area contributed by atoms with Gasteiger partial charge in [-0.1, -0.05) is 48.1 Å². The van der Waals surface area contributed by atoms with Crippen molar-refractivity contribution in [3.8, 4) is 11.3 Å². The number of nitrogens with one attached hydrogen (secondary N) is 1. The van der Waals surface area contributed by atoms with Gasteiger partial charge in [-0.15, -0.1) is 0 Å². The Morgan fingerprint density at radius 1 is 1.26 bits per heavy atom. The predicted octanol–water partition coefficient (Wildman–Crippen LogP) is 3.13. The number of nitrogens with zero attached hydrogens (tertiary/aromatic N) is 2. The summed E-state index contributed by atoms with van der Waals surface area (Å²) < 4.78 is 0. The minimum atomic E-state index is -0.130. The average Bonchev–Trinajstić information content (AvgIpc) is 3.15. The molecule has 4 nitrogen and oxygen atoms in total. The Bertz CT molecular complexity index is 626. The van der Waals surface area contributed by atoms with Gasteiger partial charge in [0, 0.05) is 37.6 Å². The molecular formula is C18H25N3OS. The zero-order chi connectivity index (χ0) is 16.2. The number of hydrogen-bond donors (Lipinski definition) is 2. The third-order valence-electron chi connectivity index (χ3n) is 4.43. The van der Waals surface area contributed by atoms with Crippen LogP contribution in [-0.2, 0) is 6.54 Å². The van der Waals surface area contributed by atoms with Gasteiger partial charge in [0.2, 0.25) is 0 Å². The van der Waals surface area contributed by atoms with Gasteiger partial charge >= 0.3 is 0 Å². The molecule has 5 heteroatoms. The molecule has 2 aromatic rings. The van der Waals surface area contributed by atoms with E-state index in [1.54, 1.807) is 11.3 Å². The SMILES string of the molecule is CN(C)c1nc(-c2ccccc2)c(CNCC2CCCC2O)s1. The standard InChI is InChI=1S/C18H25N3OS/c1-21(2)18-20-17(13-7-4-3-5-8-13)16(23-18)12-19-11-14-9-6-10-15(14)22/h3-5,7-8,14-15,19,22H,6,9-12H2,1-2H3. The Morgan fingerprint density at radius 2 is 2.04 bits per heavy atom. The second kappa shape index (κ2) is 7.43. The topological polar surface area (TPSA) is 48.4 Å². The summed E-state index contributed by atoms with van der Waals surface area (Å²) in [5.74, 6) is 0.399. The summed E-state index contributed by atoms with van der Waals surface area (Å²) in [4.78, 5) is 8.11. The lowest BCUT2D eigenvalue weighted by Crippen LogP contribution is -2.27. The molecule has 2 atom stereocenters. The van der Waals surface area contributed by atoms with E-state index in [0.29, 0.717) is 5.92 Å². The number of rotatable bonds is 6. The zero-order valence-corrected chi connectivity index (χ0v) is 14.6. The first-order valence-corrected chi connectivity index (χ1v) is 9.08. The van der Waals surface area contributed by atoms with Gasteiger partial charge in [0.15, 0.2) is 5.13 Å². The molecule has 1 saturated carbocycles. The van der Waals surface area contributed by atoms with Crippen molar-refractivity contribution in [3.05, 3.63) is 35.2 Å². The van der Waals surface area contributed by atoms with Crippen LogP contribution in [0.15, 0.2) is 30.3 Å². The van der Waals surface area contributed by atoms with Crippen molar-refractivity contribution in [2.24, 2.45) is 5.92 Å². The molecule has 1 aromatic carbocycles. The molecule has 1 aromatic heterocycles. The maximum absolute atomic E-state index is 9.94. The minimum Gasteiger partial charge on any atom is -0.393 e. The van der Waals surface area contributed by atoms with Crippen LogP contribution in [0.2, 0.25) is 0 Å². The highest BCUT2D eigenvalue weighted by molar-refractivity contribution is 7.16. The Balaban J connectivity index is 1.72. The van der Waals surface area contributed by atoms with Crippen molar-refractivity contribution in [1.82, 2.24) is 10.3 Å². The van der Waals surface area contributed by atoms with Gasteiger partial charge < -0.3 is 15.3 Å². The molecule has 23 heavy (non-hydrogen) atoms. The van der Waals surface area contributed by atoms with Gasteiger partial charge in [-0.25, -0.2) is 4.98 Å². The van der Waals surface area contributed by atoms with Crippen LogP contribution in [0, 0.1) is 5.92 Å². The number of anilines is 1. The molecule has 0 radical (unpaired) electrons. The fraction of sp³-hybridized carbons (Fsp3) is 0.500. The molecule has 0 bridgehead atoms. The summed E-state index contributed by atoms with van der Waals surface area (Å²) in [5.41, 5.74) is 2.23. The number of aliphatic hydroxyl groups excluding tert-OH is 1. The van der Waals surface area contributed by atoms with Gasteiger partial charge in [-0.2, -0.15) is 0 Å². The van der Waals surface area contributed by atoms with Crippen LogP contribution in [0.3, 0.4) is 0 Å². The monoisotopic (exact) mass is 331 g/mol. The van der Waals surface area contributed by atoms with E-state index in [-0.39, 0.29) is 6.10 Å². The van der Waals surface area contributed by atoms with E-state index in [1.165, 1.54) is 4.88 Å². The summed E-state index contributed by atoms with van der Waals surface area (Å²) in [7, 11) is 4.05. The molecule has 0 aliphatic heterocycles. The number of benzene rings is 1. The molecule has 0 saturated heterocycles. The fourth-order valence-electron chi connectivity index (χ4n) is 3.10. The number of hydrogen-bond acceptors (Lipinski definition) is 5. The highest BCUT2D eigenvalue weighted by atomic mass is 32.1. The first kappa shape index (κ1) is 16.4. The molecule has 1 aliphatic rings. The van der Waals surface area contributed by atoms with Crippen LogP contribution in [0.5, 0.6) is 0 Å². The van der Waals surface area contributed by atoms with E-state index in [2.05, 4.69) is 34.5 Å². The Morgan fingerprint density at radius 3 is 2.70 bits per heavy atom. The summed E-state index contributed by atoms with van der Waals surface area (Å²) in [6.07, 6.45) is 3.10. The zero-order valence-electron chi connectivity index (χ0n) is 13.8. The largest absolute Gasteiger partial charge is 0.393 e. The molecule has 1 heterocycles. The van der Waals surface area contributed by atoms with Crippen molar-refractivity contribution in [1.29, 1.82) is 0 Å². The molecule has 2 unspecified atom stereocenters. The maximum Gasteiger partial charge on any atom is 0.185 e. The number of aromatic nitrogens is 1. The van der Waals surface area contributed by atoms with Gasteiger partial charge in [-0.05, 0) is 18.8 Å². The van der Waals surface area contributed by atoms with Crippen LogP contribution in [0.4, 0.5) is 5.13 Å². The third kappa shape index (κ3) is 3.91. The summed E-state index contributed by atoms with van der Waals surface area (Å²) in [5, 5.41) is 14.5. The first-order valence-electron chi connectivity index (χ1n) is 8.26. The smallest absolute Gasteiger partial charge is 0.185 e. The van der Waals surface area contributed by atoms with E-state index >= 15 is 0 Å². The van der Waals surface area contributed by atoms with Crippen LogP contribution in [0.25, 0.3) is 11.3 Å². The van der Waals surface area contributed by atoms with Crippen LogP contribution < -0.4 is 10.2 Å². The highest BCUT2D eigenvalue weighted by Gasteiger charge is 2.24. The lowest BCUT2D eigenvalue weighted by molar-refractivity contribution is 0.131. The van der Waals surface area contributed by atoms with Crippen molar-refractivity contribution < 1.29 is 5.11 Å². The molecule has 2 N–H and O–H groups in total. The first-order chi connectivity index (χ1) is 11.1. The lowest BCUT2D eigenvalue weighted by Gasteiger charge is -2.14. The van der Waals surface area contributed by atoms with Crippen molar-refractivity contribution in [2.45, 2.75) is 31.9 Å². The normalized spacial score (nSPS) is 20.8. The lowest BCUT2D eigenvalue weighted by atomic mass is 10.1. The second-order valence-corrected chi connectivity index (χ2v) is 7.48. The van der Waals surface area contributed by atoms with Crippen LogP contribution in [-0.4, -0.2) is 36.8 Å². The minimum absolute atomic E-state index is 0.130. The molecule has 0 spiro atoms.